The molecule has 1 atom stereocenters. The number of hydrogen-bond donors (Lipinski definition) is 1. The second kappa shape index (κ2) is 9.98. The number of fused-ring (bicyclic) bond motifs is 1. The molecule has 1 unspecified atom stereocenters. The number of rotatable bonds is 4. The average Bonchev–Trinajstić information content (AvgIpc) is 3.35. The molecule has 0 aliphatic heterocycles. The van der Waals surface area contributed by atoms with E-state index in [1.807, 2.05) is 61.6 Å². The number of pyridine rings is 1. The third-order valence-corrected chi connectivity index (χ3v) is 7.04. The van der Waals surface area contributed by atoms with Crippen LogP contribution in [0.5, 0.6) is 0 Å². The Balaban J connectivity index is 1.79. The molecule has 2 aromatic heterocycles. The van der Waals surface area contributed by atoms with E-state index in [0.717, 1.165) is 27.6 Å². The Bertz CT molecular complexity index is 1770. The van der Waals surface area contributed by atoms with Crippen molar-refractivity contribution in [3.05, 3.63) is 123 Å². The van der Waals surface area contributed by atoms with Crippen molar-refractivity contribution in [2.75, 3.05) is 0 Å². The highest BCUT2D eigenvalue weighted by atomic mass is 35.5. The SMILES string of the molecule is CC(C)C#Cc1cccc(-c2cc(=O)n(C)c3ccc(C(O)(c4ccc(Cl)cc4)c4cncn4C)cc23)c1. The van der Waals surface area contributed by atoms with E-state index < -0.39 is 5.60 Å². The molecule has 5 aromatic rings. The van der Waals surface area contributed by atoms with Gasteiger partial charge in [-0.2, -0.15) is 0 Å². The van der Waals surface area contributed by atoms with Crippen molar-refractivity contribution < 1.29 is 5.11 Å². The molecule has 0 fully saturated rings. The summed E-state index contributed by atoms with van der Waals surface area (Å²) in [4.78, 5) is 17.2. The first-order valence-electron chi connectivity index (χ1n) is 12.4. The van der Waals surface area contributed by atoms with E-state index in [0.29, 0.717) is 21.8 Å². The number of aromatic nitrogens is 3. The molecule has 3 aromatic carbocycles. The molecule has 0 amide bonds. The van der Waals surface area contributed by atoms with Crippen LogP contribution in [0.4, 0.5) is 0 Å². The van der Waals surface area contributed by atoms with Gasteiger partial charge >= 0.3 is 0 Å². The standard InChI is InChI=1S/C32H28ClN3O2/c1-21(2)8-9-22-6-5-7-23(16-22)27-18-31(37)36(4)29-15-12-25(17-28(27)29)32(38,30-19-34-20-35(30)3)24-10-13-26(33)14-11-24/h5-7,10-21,38H,1-4H3. The van der Waals surface area contributed by atoms with E-state index >= 15 is 0 Å². The highest BCUT2D eigenvalue weighted by molar-refractivity contribution is 6.30. The molecular formula is C32H28ClN3O2. The van der Waals surface area contributed by atoms with Crippen LogP contribution < -0.4 is 5.56 Å². The van der Waals surface area contributed by atoms with Gasteiger partial charge in [0.25, 0.3) is 5.56 Å². The second-order valence-corrected chi connectivity index (χ2v) is 10.2. The van der Waals surface area contributed by atoms with Crippen molar-refractivity contribution in [2.45, 2.75) is 19.4 Å². The number of hydrogen-bond acceptors (Lipinski definition) is 3. The monoisotopic (exact) mass is 521 g/mol. The summed E-state index contributed by atoms with van der Waals surface area (Å²) in [6, 6.07) is 22.4. The highest BCUT2D eigenvalue weighted by Gasteiger charge is 2.37. The molecule has 0 saturated carbocycles. The van der Waals surface area contributed by atoms with E-state index in [-0.39, 0.29) is 11.5 Å². The third-order valence-electron chi connectivity index (χ3n) is 6.79. The molecule has 2 heterocycles. The van der Waals surface area contributed by atoms with Crippen LogP contribution in [0.2, 0.25) is 5.02 Å². The lowest BCUT2D eigenvalue weighted by Crippen LogP contribution is -2.31. The first-order valence-corrected chi connectivity index (χ1v) is 12.8. The van der Waals surface area contributed by atoms with Gasteiger partial charge in [0.2, 0.25) is 0 Å². The Morgan fingerprint density at radius 1 is 0.974 bits per heavy atom. The van der Waals surface area contributed by atoms with Crippen LogP contribution in [-0.2, 0) is 19.7 Å². The van der Waals surface area contributed by atoms with Crippen molar-refractivity contribution in [2.24, 2.45) is 20.0 Å². The van der Waals surface area contributed by atoms with Gasteiger partial charge in [-0.05, 0) is 58.7 Å². The zero-order valence-corrected chi connectivity index (χ0v) is 22.5. The van der Waals surface area contributed by atoms with Crippen molar-refractivity contribution in [1.82, 2.24) is 14.1 Å². The summed E-state index contributed by atoms with van der Waals surface area (Å²) in [5, 5.41) is 13.8. The van der Waals surface area contributed by atoms with Gasteiger partial charge < -0.3 is 14.2 Å². The predicted octanol–water partition coefficient (Wildman–Crippen LogP) is 5.88. The Morgan fingerprint density at radius 3 is 2.39 bits per heavy atom. The zero-order valence-electron chi connectivity index (χ0n) is 21.7. The maximum atomic E-state index is 13.0. The summed E-state index contributed by atoms with van der Waals surface area (Å²) in [6.07, 6.45) is 3.33. The van der Waals surface area contributed by atoms with Crippen molar-refractivity contribution in [3.8, 4) is 23.0 Å². The Hall–Kier alpha value is -4.11. The van der Waals surface area contributed by atoms with Gasteiger partial charge in [0.15, 0.2) is 5.60 Å². The third kappa shape index (κ3) is 4.54. The van der Waals surface area contributed by atoms with E-state index in [1.54, 1.807) is 46.9 Å². The summed E-state index contributed by atoms with van der Waals surface area (Å²) in [5.41, 5.74) is 3.59. The van der Waals surface area contributed by atoms with Crippen molar-refractivity contribution >= 4 is 22.5 Å². The van der Waals surface area contributed by atoms with E-state index in [4.69, 9.17) is 11.6 Å². The van der Waals surface area contributed by atoms with Gasteiger partial charge in [-0.25, -0.2) is 4.98 Å². The lowest BCUT2D eigenvalue weighted by Gasteiger charge is -2.30. The minimum absolute atomic E-state index is 0.112. The Labute approximate surface area is 227 Å². The van der Waals surface area contributed by atoms with Gasteiger partial charge in [0.05, 0.1) is 23.7 Å². The number of benzene rings is 3. The quantitative estimate of drug-likeness (QED) is 0.300. The molecule has 190 valence electrons. The number of aliphatic hydroxyl groups is 1. The molecule has 0 spiro atoms. The van der Waals surface area contributed by atoms with Crippen LogP contribution in [-0.4, -0.2) is 19.2 Å². The number of aryl methyl sites for hydroxylation is 2. The van der Waals surface area contributed by atoms with Gasteiger partial charge in [-0.1, -0.05) is 67.6 Å². The molecular weight excluding hydrogens is 494 g/mol. The Morgan fingerprint density at radius 2 is 1.71 bits per heavy atom. The fourth-order valence-electron chi connectivity index (χ4n) is 4.78. The van der Waals surface area contributed by atoms with Gasteiger partial charge in [-0.3, -0.25) is 4.79 Å². The maximum absolute atomic E-state index is 13.0. The summed E-state index contributed by atoms with van der Waals surface area (Å²) < 4.78 is 3.42. The summed E-state index contributed by atoms with van der Waals surface area (Å²) >= 11 is 6.17. The van der Waals surface area contributed by atoms with E-state index in [1.165, 1.54) is 0 Å². The number of imidazole rings is 1. The average molecular weight is 522 g/mol. The molecule has 0 radical (unpaired) electrons. The first-order chi connectivity index (χ1) is 18.2. The predicted molar refractivity (Wildman–Crippen MR) is 153 cm³/mol. The van der Waals surface area contributed by atoms with Crippen LogP contribution in [0.1, 0.15) is 36.2 Å². The molecule has 5 nitrogen and oxygen atoms in total. The van der Waals surface area contributed by atoms with Gasteiger partial charge in [0.1, 0.15) is 0 Å². The lowest BCUT2D eigenvalue weighted by atomic mass is 9.82. The molecule has 1 N–H and O–H groups in total. The molecule has 6 heteroatoms. The highest BCUT2D eigenvalue weighted by Crippen LogP contribution is 2.39. The molecule has 0 saturated heterocycles. The molecule has 5 rings (SSSR count). The van der Waals surface area contributed by atoms with Gasteiger partial charge in [-0.15, -0.1) is 0 Å². The fourth-order valence-corrected chi connectivity index (χ4v) is 4.90. The topological polar surface area (TPSA) is 60.1 Å². The Kier molecular flexibility index (Phi) is 6.71. The molecule has 0 aliphatic carbocycles. The van der Waals surface area contributed by atoms with Crippen LogP contribution in [0, 0.1) is 17.8 Å². The van der Waals surface area contributed by atoms with Crippen LogP contribution in [0.15, 0.2) is 90.1 Å². The van der Waals surface area contributed by atoms with Crippen LogP contribution >= 0.6 is 11.6 Å². The largest absolute Gasteiger partial charge is 0.374 e. The molecule has 0 aliphatic rings. The minimum Gasteiger partial charge on any atom is -0.374 e. The van der Waals surface area contributed by atoms with E-state index in [2.05, 4.69) is 30.7 Å². The van der Waals surface area contributed by atoms with Crippen molar-refractivity contribution in [3.63, 3.8) is 0 Å². The minimum atomic E-state index is -1.51. The molecule has 0 bridgehead atoms. The molecule has 38 heavy (non-hydrogen) atoms. The number of nitrogens with zero attached hydrogens (tertiary/aromatic N) is 3. The fraction of sp³-hybridized carbons (Fsp3) is 0.188. The number of halogens is 1. The second-order valence-electron chi connectivity index (χ2n) is 9.80. The normalized spacial score (nSPS) is 12.8. The van der Waals surface area contributed by atoms with E-state index in [9.17, 15) is 9.90 Å². The first kappa shape index (κ1) is 25.5. The van der Waals surface area contributed by atoms with Crippen LogP contribution in [0.25, 0.3) is 22.0 Å². The van der Waals surface area contributed by atoms with Gasteiger partial charge in [0, 0.05) is 42.1 Å². The summed E-state index contributed by atoms with van der Waals surface area (Å²) in [5.74, 6) is 6.68. The lowest BCUT2D eigenvalue weighted by molar-refractivity contribution is 0.117. The maximum Gasteiger partial charge on any atom is 0.251 e. The van der Waals surface area contributed by atoms with Crippen molar-refractivity contribution in [1.29, 1.82) is 0 Å². The zero-order chi connectivity index (χ0) is 27.0. The van der Waals surface area contributed by atoms with Crippen LogP contribution in [0.3, 0.4) is 0 Å². The summed E-state index contributed by atoms with van der Waals surface area (Å²) in [7, 11) is 3.61. The summed E-state index contributed by atoms with van der Waals surface area (Å²) in [6.45, 7) is 4.10. The smallest absolute Gasteiger partial charge is 0.251 e.